The van der Waals surface area contributed by atoms with E-state index in [-0.39, 0.29) is 11.8 Å². The summed E-state index contributed by atoms with van der Waals surface area (Å²) in [5.41, 5.74) is 1.45. The predicted octanol–water partition coefficient (Wildman–Crippen LogP) is 2.73. The lowest BCUT2D eigenvalue weighted by molar-refractivity contribution is -0.131. The molecule has 0 saturated heterocycles. The highest BCUT2D eigenvalue weighted by atomic mass is 16.5. The molecule has 4 rings (SSSR count). The number of likely N-dealkylation sites (N-methyl/N-ethyl adjacent to an activating group) is 1. The molecule has 2 amide bonds. The van der Waals surface area contributed by atoms with Crippen LogP contribution in [-0.2, 0) is 4.79 Å². The molecule has 1 N–H and O–H groups in total. The van der Waals surface area contributed by atoms with Crippen LogP contribution in [0.5, 0.6) is 5.88 Å². The molecular weight excluding hydrogens is 342 g/mol. The van der Waals surface area contributed by atoms with Crippen molar-refractivity contribution < 1.29 is 14.3 Å². The molecule has 27 heavy (non-hydrogen) atoms. The van der Waals surface area contributed by atoms with Crippen molar-refractivity contribution in [1.29, 1.82) is 0 Å². The summed E-state index contributed by atoms with van der Waals surface area (Å²) in [6.45, 7) is 0.682. The lowest BCUT2D eigenvalue weighted by atomic mass is 10.1. The number of amides is 2. The summed E-state index contributed by atoms with van der Waals surface area (Å²) in [5.74, 6) is 1.94. The maximum Gasteiger partial charge on any atom is 0.270 e. The molecular formula is C21H29N3O3. The van der Waals surface area contributed by atoms with Gasteiger partial charge in [0, 0.05) is 19.7 Å². The van der Waals surface area contributed by atoms with E-state index in [4.69, 9.17) is 4.74 Å². The van der Waals surface area contributed by atoms with Gasteiger partial charge in [0.1, 0.15) is 11.7 Å². The van der Waals surface area contributed by atoms with Crippen LogP contribution in [0, 0.1) is 11.8 Å². The van der Waals surface area contributed by atoms with Crippen molar-refractivity contribution in [3.63, 3.8) is 0 Å². The number of aromatic nitrogens is 1. The Balaban J connectivity index is 1.47. The highest BCUT2D eigenvalue weighted by Gasteiger charge is 2.33. The smallest absolute Gasteiger partial charge is 0.270 e. The van der Waals surface area contributed by atoms with Crippen molar-refractivity contribution in [1.82, 2.24) is 15.2 Å². The number of rotatable bonds is 9. The number of carbonyl (C=O) groups is 2. The van der Waals surface area contributed by atoms with E-state index in [0.717, 1.165) is 31.2 Å². The van der Waals surface area contributed by atoms with E-state index < -0.39 is 6.04 Å². The minimum absolute atomic E-state index is 0.0601. The predicted molar refractivity (Wildman–Crippen MR) is 102 cm³/mol. The highest BCUT2D eigenvalue weighted by molar-refractivity contribution is 5.96. The molecule has 3 fully saturated rings. The standard InChI is InChI=1S/C21H29N3O3/c1-24(2)21(26)18(11-13-3-4-13)22-19(25)17-10-9-16(15-7-8-15)20(23-17)27-12-14-5-6-14/h9-10,13-15,18H,3-8,11-12H2,1-2H3,(H,22,25)/t18-/m0/s1. The van der Waals surface area contributed by atoms with Gasteiger partial charge in [-0.2, -0.15) is 0 Å². The Morgan fingerprint density at radius 1 is 1.15 bits per heavy atom. The van der Waals surface area contributed by atoms with Gasteiger partial charge >= 0.3 is 0 Å². The first-order valence-corrected chi connectivity index (χ1v) is 10.2. The van der Waals surface area contributed by atoms with Crippen LogP contribution < -0.4 is 10.1 Å². The first-order chi connectivity index (χ1) is 13.0. The molecule has 146 valence electrons. The molecule has 0 unspecified atom stereocenters. The fourth-order valence-electron chi connectivity index (χ4n) is 3.33. The minimum Gasteiger partial charge on any atom is -0.477 e. The first kappa shape index (κ1) is 18.3. The minimum atomic E-state index is -0.485. The second kappa shape index (κ2) is 7.49. The first-order valence-electron chi connectivity index (χ1n) is 10.2. The molecule has 1 aromatic rings. The van der Waals surface area contributed by atoms with Crippen LogP contribution >= 0.6 is 0 Å². The maximum absolute atomic E-state index is 12.8. The third-order valence-electron chi connectivity index (χ3n) is 5.60. The second-order valence-electron chi connectivity index (χ2n) is 8.56. The summed E-state index contributed by atoms with van der Waals surface area (Å²) in [6.07, 6.45) is 7.74. The highest BCUT2D eigenvalue weighted by Crippen LogP contribution is 2.44. The van der Waals surface area contributed by atoms with Gasteiger partial charge in [-0.05, 0) is 55.9 Å². The van der Waals surface area contributed by atoms with Gasteiger partial charge in [-0.15, -0.1) is 0 Å². The van der Waals surface area contributed by atoms with E-state index in [1.807, 2.05) is 6.07 Å². The van der Waals surface area contributed by atoms with Gasteiger partial charge in [-0.3, -0.25) is 9.59 Å². The number of nitrogens with zero attached hydrogens (tertiary/aromatic N) is 2. The molecule has 0 aromatic carbocycles. The van der Waals surface area contributed by atoms with Gasteiger partial charge in [0.15, 0.2) is 0 Å². The van der Waals surface area contributed by atoms with Gasteiger partial charge in [0.2, 0.25) is 11.8 Å². The monoisotopic (exact) mass is 371 g/mol. The molecule has 1 heterocycles. The fourth-order valence-corrected chi connectivity index (χ4v) is 3.33. The van der Waals surface area contributed by atoms with E-state index in [9.17, 15) is 9.59 Å². The van der Waals surface area contributed by atoms with Crippen LogP contribution in [0.15, 0.2) is 12.1 Å². The summed E-state index contributed by atoms with van der Waals surface area (Å²) in [4.78, 5) is 31.3. The third kappa shape index (κ3) is 4.79. The van der Waals surface area contributed by atoms with Gasteiger partial charge in [-0.25, -0.2) is 4.98 Å². The summed E-state index contributed by atoms with van der Waals surface area (Å²) < 4.78 is 5.95. The maximum atomic E-state index is 12.8. The summed E-state index contributed by atoms with van der Waals surface area (Å²) in [7, 11) is 3.45. The molecule has 3 aliphatic rings. The van der Waals surface area contributed by atoms with Crippen molar-refractivity contribution in [3.8, 4) is 5.88 Å². The molecule has 1 atom stereocenters. The quantitative estimate of drug-likeness (QED) is 0.724. The van der Waals surface area contributed by atoms with Gasteiger partial charge < -0.3 is 15.0 Å². The Labute approximate surface area is 160 Å². The number of hydrogen-bond acceptors (Lipinski definition) is 4. The second-order valence-corrected chi connectivity index (χ2v) is 8.56. The van der Waals surface area contributed by atoms with Crippen LogP contribution in [0.3, 0.4) is 0 Å². The van der Waals surface area contributed by atoms with Crippen LogP contribution in [0.2, 0.25) is 0 Å². The van der Waals surface area contributed by atoms with Crippen molar-refractivity contribution in [3.05, 3.63) is 23.4 Å². The lowest BCUT2D eigenvalue weighted by Gasteiger charge is -2.21. The Kier molecular flexibility index (Phi) is 5.06. The summed E-state index contributed by atoms with van der Waals surface area (Å²) >= 11 is 0. The average molecular weight is 371 g/mol. The molecule has 6 nitrogen and oxygen atoms in total. The normalized spacial score (nSPS) is 20.1. The molecule has 1 aromatic heterocycles. The zero-order chi connectivity index (χ0) is 19.0. The van der Waals surface area contributed by atoms with Crippen molar-refractivity contribution in [2.75, 3.05) is 20.7 Å². The number of hydrogen-bond donors (Lipinski definition) is 1. The molecule has 6 heteroatoms. The lowest BCUT2D eigenvalue weighted by Crippen LogP contribution is -2.46. The SMILES string of the molecule is CN(C)C(=O)[C@H](CC1CC1)NC(=O)c1ccc(C2CC2)c(OCC2CC2)n1. The zero-order valence-electron chi connectivity index (χ0n) is 16.2. The fraction of sp³-hybridized carbons (Fsp3) is 0.667. The van der Waals surface area contributed by atoms with Gasteiger partial charge in [0.05, 0.1) is 6.61 Å². The number of nitrogens with one attached hydrogen (secondary N) is 1. The molecule has 3 aliphatic carbocycles. The van der Waals surface area contributed by atoms with Gasteiger partial charge in [-0.1, -0.05) is 18.9 Å². The van der Waals surface area contributed by atoms with E-state index in [2.05, 4.69) is 10.3 Å². The third-order valence-corrected chi connectivity index (χ3v) is 5.60. The number of pyridine rings is 1. The largest absolute Gasteiger partial charge is 0.477 e. The van der Waals surface area contributed by atoms with Crippen molar-refractivity contribution in [2.45, 2.75) is 56.9 Å². The Bertz CT molecular complexity index is 721. The molecule has 0 radical (unpaired) electrons. The van der Waals surface area contributed by atoms with Gasteiger partial charge in [0.25, 0.3) is 5.91 Å². The van der Waals surface area contributed by atoms with E-state index in [0.29, 0.717) is 42.4 Å². The van der Waals surface area contributed by atoms with E-state index >= 15 is 0 Å². The molecule has 0 bridgehead atoms. The summed E-state index contributed by atoms with van der Waals surface area (Å²) in [6, 6.07) is 3.26. The summed E-state index contributed by atoms with van der Waals surface area (Å²) in [5, 5.41) is 2.91. The number of ether oxygens (including phenoxy) is 1. The van der Waals surface area contributed by atoms with Crippen LogP contribution in [-0.4, -0.2) is 48.4 Å². The average Bonchev–Trinajstić information content (AvgIpc) is 3.49. The Morgan fingerprint density at radius 2 is 1.85 bits per heavy atom. The zero-order valence-corrected chi connectivity index (χ0v) is 16.2. The van der Waals surface area contributed by atoms with E-state index in [1.165, 1.54) is 12.8 Å². The topological polar surface area (TPSA) is 71.5 Å². The van der Waals surface area contributed by atoms with E-state index in [1.54, 1.807) is 25.1 Å². The number of carbonyl (C=O) groups excluding carboxylic acids is 2. The Morgan fingerprint density at radius 3 is 2.44 bits per heavy atom. The molecule has 3 saturated carbocycles. The van der Waals surface area contributed by atoms with Crippen molar-refractivity contribution >= 4 is 11.8 Å². The van der Waals surface area contributed by atoms with Crippen molar-refractivity contribution in [2.24, 2.45) is 11.8 Å². The van der Waals surface area contributed by atoms with Crippen LogP contribution in [0.1, 0.15) is 66.9 Å². The Hall–Kier alpha value is -2.11. The molecule has 0 spiro atoms. The van der Waals surface area contributed by atoms with Crippen LogP contribution in [0.4, 0.5) is 0 Å². The molecule has 0 aliphatic heterocycles. The van der Waals surface area contributed by atoms with Crippen LogP contribution in [0.25, 0.3) is 0 Å².